The average molecular weight is 589 g/mol. The molecule has 2 aromatic carbocycles. The molecule has 2 amide bonds. The van der Waals surface area contributed by atoms with Crippen molar-refractivity contribution in [1.29, 1.82) is 0 Å². The molecule has 3 aliphatic heterocycles. The Morgan fingerprint density at radius 3 is 2.68 bits per heavy atom. The van der Waals surface area contributed by atoms with Crippen LogP contribution in [0.3, 0.4) is 0 Å². The Morgan fingerprint density at radius 1 is 1.05 bits per heavy atom. The molecule has 41 heavy (non-hydrogen) atoms. The number of carbonyl (C=O) groups excluding carboxylic acids is 2. The predicted octanol–water partition coefficient (Wildman–Crippen LogP) is 1.21. The molecule has 0 saturated carbocycles. The van der Waals surface area contributed by atoms with Gasteiger partial charge in [0.2, 0.25) is 21.8 Å². The molecule has 3 heterocycles. The number of hydrogen-bond acceptors (Lipinski definition) is 7. The number of aliphatic hydroxyl groups excluding tert-OH is 1. The topological polar surface area (TPSA) is 128 Å². The minimum Gasteiger partial charge on any atom is -0.493 e. The molecule has 2 saturated heterocycles. The van der Waals surface area contributed by atoms with Gasteiger partial charge in [0.15, 0.2) is 0 Å². The molecule has 5 rings (SSSR count). The number of aliphatic hydroxyl groups is 1. The van der Waals surface area contributed by atoms with Crippen LogP contribution in [0.25, 0.3) is 0 Å². The number of piperazine rings is 1. The normalized spacial score (nSPS) is 25.5. The molecular weight excluding hydrogens is 551 g/mol. The summed E-state index contributed by atoms with van der Waals surface area (Å²) in [6.45, 7) is 3.48. The molecule has 4 bridgehead atoms. The van der Waals surface area contributed by atoms with E-state index in [-0.39, 0.29) is 42.6 Å². The third-order valence-electron chi connectivity index (χ3n) is 8.01. The van der Waals surface area contributed by atoms with Gasteiger partial charge in [-0.3, -0.25) is 9.59 Å². The van der Waals surface area contributed by atoms with E-state index >= 15 is 0 Å². The first-order chi connectivity index (χ1) is 19.6. The minimum absolute atomic E-state index is 0.0168. The van der Waals surface area contributed by atoms with Crippen LogP contribution in [0.1, 0.15) is 30.4 Å². The van der Waals surface area contributed by atoms with Crippen molar-refractivity contribution in [3.05, 3.63) is 59.4 Å². The van der Waals surface area contributed by atoms with E-state index in [0.29, 0.717) is 50.4 Å². The quantitative estimate of drug-likeness (QED) is 0.490. The number of nitrogens with one attached hydrogen (secondary N) is 2. The van der Waals surface area contributed by atoms with Gasteiger partial charge in [0, 0.05) is 51.3 Å². The second-order valence-corrected chi connectivity index (χ2v) is 13.1. The fraction of sp³-hybridized carbons (Fsp3) is 0.517. The number of fused-ring (bicyclic) bond motifs is 4. The summed E-state index contributed by atoms with van der Waals surface area (Å²) in [5.74, 6) is -1.18. The highest BCUT2D eigenvalue weighted by molar-refractivity contribution is 7.89. The number of aryl methyl sites for hydroxylation is 1. The summed E-state index contributed by atoms with van der Waals surface area (Å²) in [5.41, 5.74) is 1.33. The lowest BCUT2D eigenvalue weighted by atomic mass is 9.94. The van der Waals surface area contributed by atoms with Crippen LogP contribution in [0.15, 0.2) is 47.4 Å². The van der Waals surface area contributed by atoms with Crippen LogP contribution >= 0.6 is 0 Å². The number of rotatable bonds is 4. The summed E-state index contributed by atoms with van der Waals surface area (Å²) in [7, 11) is -3.81. The highest BCUT2D eigenvalue weighted by Crippen LogP contribution is 2.24. The number of benzene rings is 2. The van der Waals surface area contributed by atoms with Crippen molar-refractivity contribution in [1.82, 2.24) is 19.8 Å². The predicted molar refractivity (Wildman–Crippen MR) is 149 cm³/mol. The van der Waals surface area contributed by atoms with E-state index in [0.717, 1.165) is 5.56 Å². The monoisotopic (exact) mass is 588 g/mol. The molecule has 0 radical (unpaired) electrons. The first-order valence-corrected chi connectivity index (χ1v) is 15.5. The van der Waals surface area contributed by atoms with Gasteiger partial charge >= 0.3 is 0 Å². The van der Waals surface area contributed by atoms with Gasteiger partial charge in [-0.15, -0.1) is 0 Å². The number of ether oxygens (including phenoxy) is 1. The van der Waals surface area contributed by atoms with Crippen LogP contribution in [0, 0.1) is 18.7 Å². The van der Waals surface area contributed by atoms with Crippen LogP contribution in [-0.2, 0) is 26.0 Å². The Labute approximate surface area is 239 Å². The van der Waals surface area contributed by atoms with Crippen LogP contribution in [-0.4, -0.2) is 92.1 Å². The standard InChI is InChI=1S/C29H37FN4O6S/c1-19-5-4-6-24(11-19)41(38,39)34-9-7-31-26(18-34)28(36)25-14-20-12-22(30)16-23(13-20)40-10-3-2-8-33-17-21(15-27(33)35)29(37)32-25/h4-6,11-13,16,21,25-26,28,31,36H,2-3,7-10,14-15,17-18H2,1H3,(H,32,37)/t21?,25-,26+,28-/m0/s1. The van der Waals surface area contributed by atoms with Crippen LogP contribution < -0.4 is 15.4 Å². The van der Waals surface area contributed by atoms with E-state index < -0.39 is 39.9 Å². The number of amides is 2. The summed E-state index contributed by atoms with van der Waals surface area (Å²) >= 11 is 0. The molecule has 10 nitrogen and oxygen atoms in total. The minimum atomic E-state index is -3.81. The van der Waals surface area contributed by atoms with Crippen LogP contribution in [0.4, 0.5) is 4.39 Å². The third-order valence-corrected chi connectivity index (χ3v) is 9.87. The van der Waals surface area contributed by atoms with Crippen molar-refractivity contribution < 1.29 is 32.2 Å². The van der Waals surface area contributed by atoms with Gasteiger partial charge in [-0.1, -0.05) is 12.1 Å². The molecular formula is C29H37FN4O6S. The molecule has 12 heteroatoms. The molecule has 2 fully saturated rings. The van der Waals surface area contributed by atoms with Crippen molar-refractivity contribution in [2.24, 2.45) is 5.92 Å². The second-order valence-electron chi connectivity index (χ2n) is 11.1. The number of hydrogen-bond donors (Lipinski definition) is 3. The lowest BCUT2D eigenvalue weighted by molar-refractivity contribution is -0.129. The zero-order chi connectivity index (χ0) is 29.1. The Balaban J connectivity index is 1.40. The molecule has 3 N–H and O–H groups in total. The SMILES string of the molecule is Cc1cccc(S(=O)(=O)N2CCN[C@@H]([C@@H](O)[C@@H]3Cc4cc(F)cc(c4)OCCCCN4CC(CC4=O)C(=O)N3)C2)c1. The zero-order valence-electron chi connectivity index (χ0n) is 23.1. The molecule has 0 aliphatic carbocycles. The van der Waals surface area contributed by atoms with Crippen molar-refractivity contribution in [2.75, 3.05) is 39.3 Å². The molecule has 0 spiro atoms. The van der Waals surface area contributed by atoms with Gasteiger partial charge in [0.1, 0.15) is 11.6 Å². The van der Waals surface area contributed by atoms with E-state index in [4.69, 9.17) is 4.74 Å². The van der Waals surface area contributed by atoms with E-state index in [1.54, 1.807) is 29.2 Å². The summed E-state index contributed by atoms with van der Waals surface area (Å²) in [6, 6.07) is 9.39. The van der Waals surface area contributed by atoms with Crippen LogP contribution in [0.2, 0.25) is 0 Å². The molecule has 0 aromatic heterocycles. The number of sulfonamides is 1. The Morgan fingerprint density at radius 2 is 1.88 bits per heavy atom. The van der Waals surface area contributed by atoms with Gasteiger partial charge in [-0.25, -0.2) is 12.8 Å². The lowest BCUT2D eigenvalue weighted by Gasteiger charge is -2.38. The van der Waals surface area contributed by atoms with Crippen molar-refractivity contribution in [2.45, 2.75) is 55.7 Å². The van der Waals surface area contributed by atoms with E-state index in [9.17, 15) is 27.5 Å². The first kappa shape index (κ1) is 29.4. The molecule has 2 aromatic rings. The number of halogens is 1. The lowest BCUT2D eigenvalue weighted by Crippen LogP contribution is -2.62. The number of nitrogens with zero attached hydrogens (tertiary/aromatic N) is 2. The second kappa shape index (κ2) is 12.4. The molecule has 4 atom stereocenters. The van der Waals surface area contributed by atoms with Gasteiger partial charge in [0.25, 0.3) is 0 Å². The van der Waals surface area contributed by atoms with Gasteiger partial charge < -0.3 is 25.4 Å². The highest BCUT2D eigenvalue weighted by Gasteiger charge is 2.39. The number of carbonyl (C=O) groups is 2. The fourth-order valence-electron chi connectivity index (χ4n) is 5.79. The van der Waals surface area contributed by atoms with E-state index in [1.165, 1.54) is 16.4 Å². The summed E-state index contributed by atoms with van der Waals surface area (Å²) in [5, 5.41) is 17.7. The Kier molecular flexibility index (Phi) is 8.93. The van der Waals surface area contributed by atoms with Crippen molar-refractivity contribution in [3.8, 4) is 5.75 Å². The maximum absolute atomic E-state index is 14.5. The van der Waals surface area contributed by atoms with Gasteiger partial charge in [-0.05, 0) is 61.6 Å². The summed E-state index contributed by atoms with van der Waals surface area (Å²) < 4.78 is 48.4. The van der Waals surface area contributed by atoms with Gasteiger partial charge in [0.05, 0.1) is 29.6 Å². The average Bonchev–Trinajstić information content (AvgIpc) is 3.31. The summed E-state index contributed by atoms with van der Waals surface area (Å²) in [6.07, 6.45) is 0.307. The van der Waals surface area contributed by atoms with Gasteiger partial charge in [-0.2, -0.15) is 4.31 Å². The smallest absolute Gasteiger partial charge is 0.243 e. The molecule has 222 valence electrons. The largest absolute Gasteiger partial charge is 0.493 e. The fourth-order valence-corrected chi connectivity index (χ4v) is 7.37. The Bertz CT molecular complexity index is 1390. The zero-order valence-corrected chi connectivity index (χ0v) is 23.9. The molecule has 3 aliphatic rings. The molecule has 1 unspecified atom stereocenters. The van der Waals surface area contributed by atoms with E-state index in [1.807, 2.05) is 13.0 Å². The van der Waals surface area contributed by atoms with Crippen LogP contribution in [0.5, 0.6) is 5.75 Å². The third kappa shape index (κ3) is 6.88. The Hall–Kier alpha value is -3.06. The van der Waals surface area contributed by atoms with Crippen molar-refractivity contribution in [3.63, 3.8) is 0 Å². The first-order valence-electron chi connectivity index (χ1n) is 14.1. The maximum Gasteiger partial charge on any atom is 0.243 e. The van der Waals surface area contributed by atoms with E-state index in [2.05, 4.69) is 10.6 Å². The van der Waals surface area contributed by atoms with Crippen molar-refractivity contribution >= 4 is 21.8 Å². The highest BCUT2D eigenvalue weighted by atomic mass is 32.2. The summed E-state index contributed by atoms with van der Waals surface area (Å²) in [4.78, 5) is 27.8. The maximum atomic E-state index is 14.5.